The highest BCUT2D eigenvalue weighted by Gasteiger charge is 1.99. The Morgan fingerprint density at radius 1 is 1.64 bits per heavy atom. The van der Waals surface area contributed by atoms with Gasteiger partial charge in [-0.3, -0.25) is 0 Å². The van der Waals surface area contributed by atoms with E-state index >= 15 is 0 Å². The Bertz CT molecular complexity index is 282. The number of rotatable bonds is 2. The molecule has 0 saturated carbocycles. The standard InChI is InChI=1S/C9H12N2/c1-4-8-6-7-11(3)9(8)10-5-2/h4-7H,1H2,2-3H3. The van der Waals surface area contributed by atoms with E-state index in [1.54, 1.807) is 6.21 Å². The zero-order valence-corrected chi connectivity index (χ0v) is 6.91. The Morgan fingerprint density at radius 3 is 2.91 bits per heavy atom. The summed E-state index contributed by atoms with van der Waals surface area (Å²) < 4.78 is 1.97. The van der Waals surface area contributed by atoms with E-state index in [1.165, 1.54) is 0 Å². The maximum Gasteiger partial charge on any atom is 0.139 e. The lowest BCUT2D eigenvalue weighted by Gasteiger charge is -1.96. The molecular weight excluding hydrogens is 136 g/mol. The molecule has 1 heterocycles. The van der Waals surface area contributed by atoms with Crippen molar-refractivity contribution in [1.29, 1.82) is 0 Å². The molecule has 0 saturated heterocycles. The molecule has 1 aromatic rings. The smallest absolute Gasteiger partial charge is 0.139 e. The van der Waals surface area contributed by atoms with E-state index in [-0.39, 0.29) is 0 Å². The summed E-state index contributed by atoms with van der Waals surface area (Å²) in [5.41, 5.74) is 1.07. The topological polar surface area (TPSA) is 17.3 Å². The molecule has 0 atom stereocenters. The molecule has 2 nitrogen and oxygen atoms in total. The van der Waals surface area contributed by atoms with Gasteiger partial charge in [0.2, 0.25) is 0 Å². The molecule has 0 fully saturated rings. The lowest BCUT2D eigenvalue weighted by Crippen LogP contribution is -1.83. The van der Waals surface area contributed by atoms with Crippen LogP contribution < -0.4 is 0 Å². The summed E-state index contributed by atoms with van der Waals surface area (Å²) in [6.45, 7) is 5.60. The summed E-state index contributed by atoms with van der Waals surface area (Å²) in [5.74, 6) is 0.961. The van der Waals surface area contributed by atoms with Gasteiger partial charge in [-0.1, -0.05) is 12.7 Å². The molecule has 0 aromatic carbocycles. The van der Waals surface area contributed by atoms with Gasteiger partial charge in [0.05, 0.1) is 0 Å². The van der Waals surface area contributed by atoms with E-state index < -0.39 is 0 Å². The second kappa shape index (κ2) is 3.19. The van der Waals surface area contributed by atoms with E-state index in [0.717, 1.165) is 11.4 Å². The molecule has 0 amide bonds. The summed E-state index contributed by atoms with van der Waals surface area (Å²) in [5, 5.41) is 0. The SMILES string of the molecule is C=Cc1ccn(C)c1N=CC. The Morgan fingerprint density at radius 2 is 2.36 bits per heavy atom. The fourth-order valence-corrected chi connectivity index (χ4v) is 0.988. The van der Waals surface area contributed by atoms with Crippen LogP contribution in [0.1, 0.15) is 12.5 Å². The number of aryl methyl sites for hydroxylation is 1. The summed E-state index contributed by atoms with van der Waals surface area (Å²) in [4.78, 5) is 4.20. The zero-order valence-electron chi connectivity index (χ0n) is 6.91. The first-order valence-corrected chi connectivity index (χ1v) is 3.56. The summed E-state index contributed by atoms with van der Waals surface area (Å²) in [7, 11) is 1.97. The Balaban J connectivity index is 3.17. The summed E-state index contributed by atoms with van der Waals surface area (Å²) in [6.07, 6.45) is 5.56. The van der Waals surface area contributed by atoms with Crippen molar-refractivity contribution in [2.75, 3.05) is 0 Å². The predicted octanol–water partition coefficient (Wildman–Crippen LogP) is 2.39. The molecule has 0 aliphatic rings. The fourth-order valence-electron chi connectivity index (χ4n) is 0.988. The molecule has 1 aromatic heterocycles. The molecule has 0 unspecified atom stereocenters. The molecule has 0 aliphatic heterocycles. The van der Waals surface area contributed by atoms with Gasteiger partial charge in [-0.15, -0.1) is 0 Å². The van der Waals surface area contributed by atoms with E-state index in [1.807, 2.05) is 36.9 Å². The Kier molecular flexibility index (Phi) is 2.26. The second-order valence-electron chi connectivity index (χ2n) is 2.30. The van der Waals surface area contributed by atoms with E-state index in [9.17, 15) is 0 Å². The predicted molar refractivity (Wildman–Crippen MR) is 49.3 cm³/mol. The largest absolute Gasteiger partial charge is 0.336 e. The van der Waals surface area contributed by atoms with Crippen molar-refractivity contribution in [3.8, 4) is 0 Å². The van der Waals surface area contributed by atoms with Crippen LogP contribution in [0.15, 0.2) is 23.8 Å². The van der Waals surface area contributed by atoms with Crippen LogP contribution in [-0.4, -0.2) is 10.8 Å². The first-order valence-electron chi connectivity index (χ1n) is 3.56. The van der Waals surface area contributed by atoms with Gasteiger partial charge in [-0.2, -0.15) is 0 Å². The highest BCUT2D eigenvalue weighted by molar-refractivity contribution is 5.66. The van der Waals surface area contributed by atoms with Crippen molar-refractivity contribution in [2.24, 2.45) is 12.0 Å². The third kappa shape index (κ3) is 1.40. The fraction of sp³-hybridized carbons (Fsp3) is 0.222. The number of hydrogen-bond donors (Lipinski definition) is 0. The van der Waals surface area contributed by atoms with Crippen LogP contribution >= 0.6 is 0 Å². The van der Waals surface area contributed by atoms with Crippen molar-refractivity contribution in [1.82, 2.24) is 4.57 Å². The van der Waals surface area contributed by atoms with Gasteiger partial charge in [-0.25, -0.2) is 4.99 Å². The van der Waals surface area contributed by atoms with Gasteiger partial charge in [0.1, 0.15) is 5.82 Å². The Labute approximate surface area is 66.9 Å². The highest BCUT2D eigenvalue weighted by atomic mass is 15.0. The number of hydrogen-bond acceptors (Lipinski definition) is 1. The minimum atomic E-state index is 0.961. The van der Waals surface area contributed by atoms with Crippen LogP contribution in [0.3, 0.4) is 0 Å². The minimum absolute atomic E-state index is 0.961. The van der Waals surface area contributed by atoms with Crippen LogP contribution in [0.2, 0.25) is 0 Å². The quantitative estimate of drug-likeness (QED) is 0.573. The van der Waals surface area contributed by atoms with Crippen LogP contribution in [0.5, 0.6) is 0 Å². The third-order valence-corrected chi connectivity index (χ3v) is 1.54. The molecule has 0 N–H and O–H groups in total. The minimum Gasteiger partial charge on any atom is -0.336 e. The van der Waals surface area contributed by atoms with Crippen LogP contribution in [0, 0.1) is 0 Å². The van der Waals surface area contributed by atoms with Crippen molar-refractivity contribution in [3.05, 3.63) is 24.4 Å². The summed E-state index contributed by atoms with van der Waals surface area (Å²) >= 11 is 0. The second-order valence-corrected chi connectivity index (χ2v) is 2.30. The monoisotopic (exact) mass is 148 g/mol. The zero-order chi connectivity index (χ0) is 8.27. The normalized spacial score (nSPS) is 10.7. The van der Waals surface area contributed by atoms with E-state index in [2.05, 4.69) is 11.6 Å². The van der Waals surface area contributed by atoms with Crippen LogP contribution in [-0.2, 0) is 7.05 Å². The van der Waals surface area contributed by atoms with Gasteiger partial charge >= 0.3 is 0 Å². The molecule has 58 valence electrons. The maximum absolute atomic E-state index is 4.20. The van der Waals surface area contributed by atoms with Gasteiger partial charge in [0, 0.05) is 25.0 Å². The van der Waals surface area contributed by atoms with Crippen molar-refractivity contribution < 1.29 is 0 Å². The van der Waals surface area contributed by atoms with Gasteiger partial charge in [0.15, 0.2) is 0 Å². The molecule has 1 rings (SSSR count). The number of aliphatic imine (C=N–C) groups is 1. The van der Waals surface area contributed by atoms with Gasteiger partial charge in [0.25, 0.3) is 0 Å². The van der Waals surface area contributed by atoms with Gasteiger partial charge in [-0.05, 0) is 13.0 Å². The first kappa shape index (κ1) is 7.79. The molecule has 0 bridgehead atoms. The average molecular weight is 148 g/mol. The lowest BCUT2D eigenvalue weighted by atomic mass is 10.3. The maximum atomic E-state index is 4.20. The van der Waals surface area contributed by atoms with Crippen molar-refractivity contribution >= 4 is 18.1 Å². The molecule has 0 aliphatic carbocycles. The van der Waals surface area contributed by atoms with E-state index in [0.29, 0.717) is 0 Å². The average Bonchev–Trinajstić information content (AvgIpc) is 2.34. The van der Waals surface area contributed by atoms with Crippen LogP contribution in [0.25, 0.3) is 6.08 Å². The van der Waals surface area contributed by atoms with Crippen molar-refractivity contribution in [3.63, 3.8) is 0 Å². The lowest BCUT2D eigenvalue weighted by molar-refractivity contribution is 0.926. The van der Waals surface area contributed by atoms with E-state index in [4.69, 9.17) is 0 Å². The first-order chi connectivity index (χ1) is 5.29. The van der Waals surface area contributed by atoms with Crippen LogP contribution in [0.4, 0.5) is 5.82 Å². The van der Waals surface area contributed by atoms with Gasteiger partial charge < -0.3 is 4.57 Å². The number of aromatic nitrogens is 1. The Hall–Kier alpha value is -1.31. The molecule has 2 heteroatoms. The molecule has 0 spiro atoms. The molecular formula is C9H12N2. The summed E-state index contributed by atoms with van der Waals surface area (Å²) in [6, 6.07) is 2.00. The highest BCUT2D eigenvalue weighted by Crippen LogP contribution is 2.19. The van der Waals surface area contributed by atoms with Crippen molar-refractivity contribution in [2.45, 2.75) is 6.92 Å². The molecule has 0 radical (unpaired) electrons. The third-order valence-electron chi connectivity index (χ3n) is 1.54. The number of nitrogens with zero attached hydrogens (tertiary/aromatic N) is 2. The molecule has 11 heavy (non-hydrogen) atoms.